The molecule has 0 aromatic carbocycles. The third-order valence-corrected chi connectivity index (χ3v) is 4.10. The van der Waals surface area contributed by atoms with Gasteiger partial charge in [-0.3, -0.25) is 4.79 Å². The summed E-state index contributed by atoms with van der Waals surface area (Å²) in [4.78, 5) is 19.1. The number of nitrogens with zero attached hydrogens (tertiary/aromatic N) is 2. The van der Waals surface area contributed by atoms with Crippen molar-refractivity contribution in [2.24, 2.45) is 11.3 Å². The summed E-state index contributed by atoms with van der Waals surface area (Å²) in [6.45, 7) is 1.52. The quantitative estimate of drug-likeness (QED) is 0.809. The fraction of sp³-hybridized carbons (Fsp3) is 0.643. The highest BCUT2D eigenvalue weighted by Gasteiger charge is 2.69. The Balaban J connectivity index is 1.92. The number of ether oxygens (including phenoxy) is 1. The van der Waals surface area contributed by atoms with E-state index in [1.807, 2.05) is 0 Å². The van der Waals surface area contributed by atoms with Gasteiger partial charge >= 0.3 is 12.4 Å². The second kappa shape index (κ2) is 6.34. The number of alkyl halides is 6. The van der Waals surface area contributed by atoms with Gasteiger partial charge in [-0.05, 0) is 13.3 Å². The van der Waals surface area contributed by atoms with Gasteiger partial charge in [0, 0.05) is 6.07 Å². The van der Waals surface area contributed by atoms with Crippen molar-refractivity contribution in [3.05, 3.63) is 18.1 Å². The monoisotopic (exact) mass is 371 g/mol. The molecule has 1 fully saturated rings. The van der Waals surface area contributed by atoms with Gasteiger partial charge in [-0.15, -0.1) is 0 Å². The van der Waals surface area contributed by atoms with Crippen LogP contribution in [-0.2, 0) is 11.3 Å². The van der Waals surface area contributed by atoms with Gasteiger partial charge in [0.1, 0.15) is 6.33 Å². The first-order chi connectivity index (χ1) is 11.3. The molecule has 0 bridgehead atoms. The van der Waals surface area contributed by atoms with E-state index in [2.05, 4.69) is 20.0 Å². The molecule has 2 unspecified atom stereocenters. The van der Waals surface area contributed by atoms with Gasteiger partial charge in [0.15, 0.2) is 6.10 Å². The summed E-state index contributed by atoms with van der Waals surface area (Å²) in [5.41, 5.74) is -1.93. The molecule has 0 aliphatic heterocycles. The molecule has 1 N–H and O–H groups in total. The van der Waals surface area contributed by atoms with Crippen LogP contribution in [0.1, 0.15) is 26.0 Å². The second-order valence-corrected chi connectivity index (χ2v) is 6.04. The minimum Gasteiger partial charge on any atom is -0.465 e. The lowest BCUT2D eigenvalue weighted by Gasteiger charge is -2.17. The molecule has 1 saturated carbocycles. The maximum Gasteiger partial charge on any atom is 0.425 e. The van der Waals surface area contributed by atoms with Crippen molar-refractivity contribution in [2.75, 3.05) is 0 Å². The topological polar surface area (TPSA) is 64.1 Å². The van der Waals surface area contributed by atoms with Gasteiger partial charge in [0.05, 0.1) is 23.6 Å². The lowest BCUT2D eigenvalue weighted by molar-refractivity contribution is -0.190. The summed E-state index contributed by atoms with van der Waals surface area (Å²) in [5, 5.41) is 2.29. The average molecular weight is 371 g/mol. The summed E-state index contributed by atoms with van der Waals surface area (Å²) >= 11 is 0. The Hall–Kier alpha value is -2.07. The molecule has 25 heavy (non-hydrogen) atoms. The number of hydrogen-bond acceptors (Lipinski definition) is 4. The number of amides is 1. The molecule has 1 amide bonds. The fourth-order valence-corrected chi connectivity index (χ4v) is 2.15. The Kier molecular flexibility index (Phi) is 4.88. The fourth-order valence-electron chi connectivity index (χ4n) is 2.15. The lowest BCUT2D eigenvalue weighted by atomic mass is 10.1. The van der Waals surface area contributed by atoms with Crippen LogP contribution >= 0.6 is 0 Å². The van der Waals surface area contributed by atoms with E-state index in [4.69, 9.17) is 0 Å². The summed E-state index contributed by atoms with van der Waals surface area (Å²) in [6.07, 6.45) is -10.5. The Morgan fingerprint density at radius 2 is 2.00 bits per heavy atom. The Morgan fingerprint density at radius 3 is 2.52 bits per heavy atom. The van der Waals surface area contributed by atoms with E-state index in [0.29, 0.717) is 0 Å². The number of carbonyl (C=O) groups is 1. The van der Waals surface area contributed by atoms with Crippen LogP contribution in [0.5, 0.6) is 5.88 Å². The summed E-state index contributed by atoms with van der Waals surface area (Å²) in [7, 11) is 0. The first-order valence-corrected chi connectivity index (χ1v) is 7.23. The van der Waals surface area contributed by atoms with E-state index in [9.17, 15) is 31.1 Å². The summed E-state index contributed by atoms with van der Waals surface area (Å²) in [6, 6.07) is 1.08. The highest BCUT2D eigenvalue weighted by atomic mass is 19.4. The van der Waals surface area contributed by atoms with Gasteiger partial charge in [-0.25, -0.2) is 9.97 Å². The van der Waals surface area contributed by atoms with E-state index in [1.54, 1.807) is 0 Å². The van der Waals surface area contributed by atoms with Crippen molar-refractivity contribution in [1.29, 1.82) is 0 Å². The van der Waals surface area contributed by atoms with Crippen LogP contribution < -0.4 is 10.1 Å². The maximum absolute atomic E-state index is 12.8. The van der Waals surface area contributed by atoms with Gasteiger partial charge in [-0.2, -0.15) is 26.3 Å². The van der Waals surface area contributed by atoms with Crippen molar-refractivity contribution in [3.8, 4) is 5.88 Å². The molecule has 3 atom stereocenters. The zero-order chi connectivity index (χ0) is 19.0. The molecule has 1 aromatic heterocycles. The maximum atomic E-state index is 12.8. The van der Waals surface area contributed by atoms with Crippen LogP contribution in [0.15, 0.2) is 12.4 Å². The molecule has 0 saturated heterocycles. The highest BCUT2D eigenvalue weighted by Crippen LogP contribution is 2.62. The number of rotatable bonds is 5. The predicted molar refractivity (Wildman–Crippen MR) is 72.3 cm³/mol. The molecule has 1 heterocycles. The molecule has 11 heteroatoms. The minimum absolute atomic E-state index is 0.113. The van der Waals surface area contributed by atoms with Crippen LogP contribution in [0, 0.1) is 11.3 Å². The predicted octanol–water partition coefficient (Wildman–Crippen LogP) is 3.01. The normalized spacial score (nSPS) is 24.6. The molecule has 5 nitrogen and oxygen atoms in total. The number of hydrogen-bond donors (Lipinski definition) is 1. The van der Waals surface area contributed by atoms with E-state index in [0.717, 1.165) is 26.2 Å². The van der Waals surface area contributed by atoms with E-state index in [1.165, 1.54) is 0 Å². The highest BCUT2D eigenvalue weighted by molar-refractivity contribution is 5.82. The molecule has 2 rings (SSSR count). The molecule has 1 aliphatic carbocycles. The first kappa shape index (κ1) is 19.3. The van der Waals surface area contributed by atoms with Crippen LogP contribution in [0.25, 0.3) is 0 Å². The minimum atomic E-state index is -4.58. The zero-order valence-electron chi connectivity index (χ0n) is 13.2. The molecular weight excluding hydrogens is 356 g/mol. The summed E-state index contributed by atoms with van der Waals surface area (Å²) < 4.78 is 80.2. The van der Waals surface area contributed by atoms with Crippen molar-refractivity contribution in [3.63, 3.8) is 0 Å². The average Bonchev–Trinajstić information content (AvgIpc) is 3.18. The van der Waals surface area contributed by atoms with Gasteiger partial charge < -0.3 is 10.1 Å². The van der Waals surface area contributed by atoms with Crippen LogP contribution in [0.2, 0.25) is 0 Å². The molecule has 0 radical (unpaired) electrons. The number of halogens is 6. The first-order valence-electron chi connectivity index (χ1n) is 7.23. The Morgan fingerprint density at radius 1 is 1.36 bits per heavy atom. The van der Waals surface area contributed by atoms with Crippen LogP contribution in [0.3, 0.4) is 0 Å². The Bertz CT molecular complexity index is 648. The van der Waals surface area contributed by atoms with Gasteiger partial charge in [-0.1, -0.05) is 6.92 Å². The van der Waals surface area contributed by atoms with Crippen molar-refractivity contribution in [2.45, 2.75) is 45.3 Å². The molecular formula is C14H15F6N3O2. The molecule has 140 valence electrons. The second-order valence-electron chi connectivity index (χ2n) is 6.04. The van der Waals surface area contributed by atoms with E-state index in [-0.39, 0.29) is 24.5 Å². The third kappa shape index (κ3) is 4.31. The largest absolute Gasteiger partial charge is 0.465 e. The number of carbonyl (C=O) groups excluding carboxylic acids is 1. The summed E-state index contributed by atoms with van der Waals surface area (Å²) in [5.74, 6) is -2.32. The molecule has 0 spiro atoms. The van der Waals surface area contributed by atoms with E-state index >= 15 is 0 Å². The number of aromatic nitrogens is 2. The molecule has 1 aliphatic rings. The van der Waals surface area contributed by atoms with Crippen molar-refractivity contribution >= 4 is 5.91 Å². The van der Waals surface area contributed by atoms with Crippen LogP contribution in [-0.4, -0.2) is 34.3 Å². The smallest absolute Gasteiger partial charge is 0.425 e. The van der Waals surface area contributed by atoms with Crippen LogP contribution in [0.4, 0.5) is 26.3 Å². The SMILES string of the molecule is C[C@@H](Oc1cc(CNC(=O)C2CC2(C)C(F)(F)F)ncn1)C(F)(F)F. The zero-order valence-corrected chi connectivity index (χ0v) is 13.2. The van der Waals surface area contributed by atoms with Crippen molar-refractivity contribution in [1.82, 2.24) is 15.3 Å². The Labute approximate surface area is 138 Å². The molecule has 1 aromatic rings. The van der Waals surface area contributed by atoms with Gasteiger partial charge in [0.25, 0.3) is 0 Å². The van der Waals surface area contributed by atoms with Crippen molar-refractivity contribution < 1.29 is 35.9 Å². The van der Waals surface area contributed by atoms with E-state index < -0.39 is 35.7 Å². The third-order valence-electron chi connectivity index (χ3n) is 4.10. The van der Waals surface area contributed by atoms with Gasteiger partial charge in [0.2, 0.25) is 11.8 Å². The standard InChI is InChI=1S/C14H15F6N3O2/c1-7(13(15,16)17)25-10-3-8(22-6-23-10)5-21-11(24)9-4-12(9,2)14(18,19)20/h3,6-7,9H,4-5H2,1-2H3,(H,21,24)/t7-,9?,12?/m1/s1. The number of nitrogens with one attached hydrogen (secondary N) is 1. The lowest BCUT2D eigenvalue weighted by Crippen LogP contribution is -2.32.